The van der Waals surface area contributed by atoms with Crippen LogP contribution in [0.5, 0.6) is 0 Å². The summed E-state index contributed by atoms with van der Waals surface area (Å²) in [5.74, 6) is -1.82. The van der Waals surface area contributed by atoms with Crippen LogP contribution in [0.3, 0.4) is 0 Å². The first kappa shape index (κ1) is 25.7. The van der Waals surface area contributed by atoms with Gasteiger partial charge in [0.2, 0.25) is 5.95 Å². The normalized spacial score (nSPS) is 10.6. The summed E-state index contributed by atoms with van der Waals surface area (Å²) >= 11 is 0. The van der Waals surface area contributed by atoms with Crippen LogP contribution in [0.4, 0.5) is 9.18 Å². The minimum absolute atomic E-state index is 0.0150. The molecular formula is C18H25FN4O6. The molecule has 0 aliphatic heterocycles. The van der Waals surface area contributed by atoms with Crippen LogP contribution in [0.25, 0.3) is 0 Å². The number of hydrogen-bond acceptors (Lipinski definition) is 6. The molecule has 0 aliphatic carbocycles. The molecule has 0 aliphatic rings. The van der Waals surface area contributed by atoms with Gasteiger partial charge in [0.05, 0.1) is 5.56 Å². The van der Waals surface area contributed by atoms with Crippen molar-refractivity contribution in [3.63, 3.8) is 0 Å². The Morgan fingerprint density at radius 3 is 2.31 bits per heavy atom. The fourth-order valence-electron chi connectivity index (χ4n) is 2.13. The number of unbranched alkanes of at least 4 members (excludes halogenated alkanes) is 2. The van der Waals surface area contributed by atoms with Crippen LogP contribution in [0.1, 0.15) is 49.4 Å². The van der Waals surface area contributed by atoms with Gasteiger partial charge in [0.1, 0.15) is 0 Å². The van der Waals surface area contributed by atoms with Gasteiger partial charge in [0.15, 0.2) is 0 Å². The van der Waals surface area contributed by atoms with Gasteiger partial charge in [-0.3, -0.25) is 9.59 Å². The molecule has 1 aromatic heterocycles. The van der Waals surface area contributed by atoms with Crippen LogP contribution in [-0.2, 0) is 14.4 Å². The van der Waals surface area contributed by atoms with Crippen molar-refractivity contribution in [2.24, 2.45) is 0 Å². The van der Waals surface area contributed by atoms with Gasteiger partial charge < -0.3 is 21.1 Å². The van der Waals surface area contributed by atoms with Gasteiger partial charge in [-0.2, -0.15) is 14.0 Å². The van der Waals surface area contributed by atoms with Crippen LogP contribution in [-0.4, -0.2) is 53.3 Å². The molecule has 29 heavy (non-hydrogen) atoms. The Morgan fingerprint density at radius 1 is 1.14 bits per heavy atom. The van der Waals surface area contributed by atoms with E-state index in [1.54, 1.807) is 6.92 Å². The van der Waals surface area contributed by atoms with Gasteiger partial charge in [-0.15, -0.1) is 0 Å². The Bertz CT molecular complexity index is 677. The third kappa shape index (κ3) is 14.4. The second-order valence-corrected chi connectivity index (χ2v) is 6.00. The highest BCUT2D eigenvalue weighted by Crippen LogP contribution is 2.00. The smallest absolute Gasteiger partial charge is 0.373 e. The number of rotatable bonds is 11. The van der Waals surface area contributed by atoms with Crippen LogP contribution < -0.4 is 16.0 Å². The molecule has 0 saturated carbocycles. The SMILES string of the molecule is C[C@H](CCC(=O)O)NC(=O)NCCCCCNC(=O)c1ccc(F)nc1.O=C=O. The van der Waals surface area contributed by atoms with Crippen LogP contribution in [0.15, 0.2) is 18.3 Å². The fourth-order valence-corrected chi connectivity index (χ4v) is 2.13. The molecule has 3 amide bonds. The molecule has 0 radical (unpaired) electrons. The lowest BCUT2D eigenvalue weighted by Gasteiger charge is -2.13. The number of amides is 3. The number of carboxylic acid groups (broad SMARTS) is 1. The first-order valence-electron chi connectivity index (χ1n) is 8.95. The number of halogens is 1. The molecular weight excluding hydrogens is 387 g/mol. The van der Waals surface area contributed by atoms with Gasteiger partial charge in [0, 0.05) is 31.7 Å². The monoisotopic (exact) mass is 412 g/mol. The Kier molecular flexibility index (Phi) is 13.9. The number of carboxylic acids is 1. The number of carbonyl (C=O) groups excluding carboxylic acids is 4. The van der Waals surface area contributed by atoms with E-state index in [1.165, 1.54) is 12.3 Å². The average Bonchev–Trinajstić information content (AvgIpc) is 2.66. The molecule has 0 saturated heterocycles. The van der Waals surface area contributed by atoms with Crippen LogP contribution >= 0.6 is 0 Å². The molecule has 10 nitrogen and oxygen atoms in total. The molecule has 0 spiro atoms. The quantitative estimate of drug-likeness (QED) is 0.313. The van der Waals surface area contributed by atoms with E-state index in [0.717, 1.165) is 25.3 Å². The summed E-state index contributed by atoms with van der Waals surface area (Å²) in [6.45, 7) is 2.73. The van der Waals surface area contributed by atoms with E-state index in [4.69, 9.17) is 14.7 Å². The van der Waals surface area contributed by atoms with Crippen molar-refractivity contribution < 1.29 is 33.5 Å². The van der Waals surface area contributed by atoms with Crippen LogP contribution in [0.2, 0.25) is 0 Å². The second-order valence-electron chi connectivity index (χ2n) is 6.00. The van der Waals surface area contributed by atoms with E-state index in [2.05, 4.69) is 20.9 Å². The zero-order chi connectivity index (χ0) is 22.1. The zero-order valence-corrected chi connectivity index (χ0v) is 16.1. The minimum Gasteiger partial charge on any atom is -0.481 e. The number of urea groups is 1. The van der Waals surface area contributed by atoms with E-state index < -0.39 is 11.9 Å². The van der Waals surface area contributed by atoms with Crippen molar-refractivity contribution in [1.82, 2.24) is 20.9 Å². The summed E-state index contributed by atoms with van der Waals surface area (Å²) in [7, 11) is 0. The van der Waals surface area contributed by atoms with E-state index in [0.29, 0.717) is 25.1 Å². The molecule has 0 unspecified atom stereocenters. The summed E-state index contributed by atoms with van der Waals surface area (Å²) in [6.07, 6.45) is 4.15. The van der Waals surface area contributed by atoms with Crippen molar-refractivity contribution in [1.29, 1.82) is 0 Å². The Morgan fingerprint density at radius 2 is 1.76 bits per heavy atom. The van der Waals surface area contributed by atoms with Crippen molar-refractivity contribution in [2.75, 3.05) is 13.1 Å². The first-order valence-corrected chi connectivity index (χ1v) is 8.95. The van der Waals surface area contributed by atoms with E-state index >= 15 is 0 Å². The largest absolute Gasteiger partial charge is 0.481 e. The van der Waals surface area contributed by atoms with Gasteiger partial charge in [-0.05, 0) is 44.7 Å². The second kappa shape index (κ2) is 15.7. The van der Waals surface area contributed by atoms with Gasteiger partial charge in [-0.25, -0.2) is 9.78 Å². The first-order chi connectivity index (χ1) is 13.8. The summed E-state index contributed by atoms with van der Waals surface area (Å²) in [6, 6.07) is 1.98. The molecule has 0 bridgehead atoms. The summed E-state index contributed by atoms with van der Waals surface area (Å²) < 4.78 is 12.7. The molecule has 11 heteroatoms. The third-order valence-corrected chi connectivity index (χ3v) is 3.58. The number of nitrogens with one attached hydrogen (secondary N) is 3. The Hall–Kier alpha value is -3.33. The maximum absolute atomic E-state index is 12.7. The molecule has 1 rings (SSSR count). The highest BCUT2D eigenvalue weighted by Gasteiger charge is 2.08. The number of aromatic nitrogens is 1. The Balaban J connectivity index is 0.00000245. The summed E-state index contributed by atoms with van der Waals surface area (Å²) in [5.41, 5.74) is 0.307. The lowest BCUT2D eigenvalue weighted by molar-refractivity contribution is -0.191. The predicted molar refractivity (Wildman–Crippen MR) is 98.3 cm³/mol. The molecule has 1 atom stereocenters. The maximum atomic E-state index is 12.7. The predicted octanol–water partition coefficient (Wildman–Crippen LogP) is 1.09. The van der Waals surface area contributed by atoms with Gasteiger partial charge >= 0.3 is 18.2 Å². The van der Waals surface area contributed by atoms with Crippen molar-refractivity contribution in [3.05, 3.63) is 29.8 Å². The van der Waals surface area contributed by atoms with E-state index in [9.17, 15) is 18.8 Å². The minimum atomic E-state index is -0.887. The number of aliphatic carboxylic acids is 1. The number of nitrogens with zero attached hydrogens (tertiary/aromatic N) is 1. The molecule has 1 heterocycles. The number of pyridine rings is 1. The average molecular weight is 412 g/mol. The third-order valence-electron chi connectivity index (χ3n) is 3.58. The fraction of sp³-hybridized carbons (Fsp3) is 0.500. The highest BCUT2D eigenvalue weighted by molar-refractivity contribution is 5.93. The Labute approximate surface area is 167 Å². The van der Waals surface area contributed by atoms with Crippen molar-refractivity contribution >= 4 is 24.1 Å². The van der Waals surface area contributed by atoms with Gasteiger partial charge in [-0.1, -0.05) is 0 Å². The van der Waals surface area contributed by atoms with E-state index in [1.807, 2.05) is 0 Å². The van der Waals surface area contributed by atoms with Crippen molar-refractivity contribution in [2.45, 2.75) is 45.1 Å². The topological polar surface area (TPSA) is 155 Å². The molecule has 0 fully saturated rings. The zero-order valence-electron chi connectivity index (χ0n) is 16.1. The molecule has 160 valence electrons. The van der Waals surface area contributed by atoms with Gasteiger partial charge in [0.25, 0.3) is 5.91 Å². The van der Waals surface area contributed by atoms with Crippen LogP contribution in [0, 0.1) is 5.95 Å². The lowest BCUT2D eigenvalue weighted by Crippen LogP contribution is -2.41. The lowest BCUT2D eigenvalue weighted by atomic mass is 10.2. The van der Waals surface area contributed by atoms with E-state index in [-0.39, 0.29) is 30.6 Å². The maximum Gasteiger partial charge on any atom is 0.373 e. The molecule has 4 N–H and O–H groups in total. The molecule has 0 aromatic carbocycles. The highest BCUT2D eigenvalue weighted by atomic mass is 19.1. The molecule has 1 aromatic rings. The standard InChI is InChI=1S/C17H25FN4O4.CO2/c1-12(5-8-15(23)24)22-17(26)20-10-4-2-3-9-19-16(25)13-6-7-14(18)21-11-13;2-1-3/h6-7,11-12H,2-5,8-10H2,1H3,(H,19,25)(H,23,24)(H2,20,22,26);/t12-;/m1./s1. The van der Waals surface area contributed by atoms with Crippen molar-refractivity contribution in [3.8, 4) is 0 Å². The number of hydrogen-bond donors (Lipinski definition) is 4. The number of carbonyl (C=O) groups is 3. The summed E-state index contributed by atoms with van der Waals surface area (Å²) in [5, 5.41) is 16.7. The summed E-state index contributed by atoms with van der Waals surface area (Å²) in [4.78, 5) is 53.5.